The Morgan fingerprint density at radius 1 is 1.58 bits per heavy atom. The monoisotopic (exact) mass is 384 g/mol. The largest absolute Gasteiger partial charge is 0.411 e. The number of nitrogen functional groups attached to an aromatic ring is 1. The maximum Gasteiger partial charge on any atom is 0.351 e. The summed E-state index contributed by atoms with van der Waals surface area (Å²) in [5, 5.41) is 21.3. The molecule has 146 valence electrons. The minimum absolute atomic E-state index is 0.123. The molecule has 0 spiro atoms. The highest BCUT2D eigenvalue weighted by molar-refractivity contribution is 6.58. The number of hydrogen-bond acceptors (Lipinski definition) is 8. The number of oxime groups is 1. The van der Waals surface area contributed by atoms with Gasteiger partial charge in [0, 0.05) is 12.6 Å². The SMILES string of the molecule is C[SiH](C)[C@]1(n2ccc(N)nc2=O)C[C@H](OC(C)(C)C)[C@@](C=NO)(CO)O1. The molecule has 0 aliphatic carbocycles. The first-order valence-electron chi connectivity index (χ1n) is 8.53. The Balaban J connectivity index is 2.63. The Kier molecular flexibility index (Phi) is 5.62. The van der Waals surface area contributed by atoms with Crippen molar-refractivity contribution in [1.82, 2.24) is 9.55 Å². The van der Waals surface area contributed by atoms with E-state index in [2.05, 4.69) is 10.1 Å². The Morgan fingerprint density at radius 3 is 2.69 bits per heavy atom. The molecule has 1 aromatic rings. The summed E-state index contributed by atoms with van der Waals surface area (Å²) < 4.78 is 13.9. The zero-order chi connectivity index (χ0) is 19.8. The average molecular weight is 385 g/mol. The van der Waals surface area contributed by atoms with Gasteiger partial charge in [0.1, 0.15) is 11.2 Å². The molecule has 1 aliphatic heterocycles. The number of aliphatic hydroxyl groups is 1. The van der Waals surface area contributed by atoms with Gasteiger partial charge in [-0.05, 0) is 26.8 Å². The van der Waals surface area contributed by atoms with Crippen LogP contribution in [0.25, 0.3) is 0 Å². The third kappa shape index (κ3) is 3.68. The van der Waals surface area contributed by atoms with Crippen molar-refractivity contribution < 1.29 is 19.8 Å². The van der Waals surface area contributed by atoms with Crippen LogP contribution >= 0.6 is 0 Å². The molecule has 0 aromatic carbocycles. The molecule has 0 unspecified atom stereocenters. The van der Waals surface area contributed by atoms with E-state index >= 15 is 0 Å². The molecule has 1 aliphatic rings. The normalized spacial score (nSPS) is 29.7. The van der Waals surface area contributed by atoms with Gasteiger partial charge in [0.05, 0.1) is 33.3 Å². The number of aliphatic hydroxyl groups excluding tert-OH is 1. The molecule has 10 heteroatoms. The van der Waals surface area contributed by atoms with Crippen LogP contribution in [0, 0.1) is 0 Å². The lowest BCUT2D eigenvalue weighted by molar-refractivity contribution is -0.141. The molecule has 26 heavy (non-hydrogen) atoms. The van der Waals surface area contributed by atoms with Crippen LogP contribution in [0.2, 0.25) is 13.1 Å². The summed E-state index contributed by atoms with van der Waals surface area (Å²) in [5.74, 6) is 0.123. The lowest BCUT2D eigenvalue weighted by atomic mass is 9.97. The van der Waals surface area contributed by atoms with E-state index in [-0.39, 0.29) is 5.82 Å². The first kappa shape index (κ1) is 20.6. The maximum absolute atomic E-state index is 12.5. The highest BCUT2D eigenvalue weighted by Gasteiger charge is 2.59. The Hall–Kier alpha value is -1.75. The first-order valence-corrected chi connectivity index (χ1v) is 11.4. The second-order valence-corrected chi connectivity index (χ2v) is 11.1. The van der Waals surface area contributed by atoms with Crippen molar-refractivity contribution in [2.24, 2.45) is 5.16 Å². The maximum atomic E-state index is 12.5. The zero-order valence-corrected chi connectivity index (χ0v) is 17.0. The van der Waals surface area contributed by atoms with E-state index in [4.69, 9.17) is 20.4 Å². The summed E-state index contributed by atoms with van der Waals surface area (Å²) in [5.41, 5.74) is 3.17. The van der Waals surface area contributed by atoms with Crippen molar-refractivity contribution in [3.05, 3.63) is 22.7 Å². The predicted octanol–water partition coefficient (Wildman–Crippen LogP) is 0.299. The molecular formula is C16H28N4O5Si. The standard InChI is InChI=1S/C16H28N4O5Si/c1-14(2,3)24-11-8-16(26(4)5,25-15(11,10-21)9-18-23)20-7-6-12(17)19-13(20)22/h6-7,9,11,21,23,26H,8,10H2,1-5H3,(H2,17,19,22)/t11-,15+,16-/m0/s1. The van der Waals surface area contributed by atoms with E-state index in [1.165, 1.54) is 10.6 Å². The predicted molar refractivity (Wildman–Crippen MR) is 100 cm³/mol. The van der Waals surface area contributed by atoms with Crippen molar-refractivity contribution in [3.8, 4) is 0 Å². The van der Waals surface area contributed by atoms with Gasteiger partial charge >= 0.3 is 5.69 Å². The van der Waals surface area contributed by atoms with Gasteiger partial charge < -0.3 is 25.5 Å². The highest BCUT2D eigenvalue weighted by Crippen LogP contribution is 2.44. The number of rotatable bonds is 5. The minimum Gasteiger partial charge on any atom is -0.411 e. The van der Waals surface area contributed by atoms with E-state index in [0.29, 0.717) is 6.42 Å². The van der Waals surface area contributed by atoms with Crippen LogP contribution in [0.5, 0.6) is 0 Å². The van der Waals surface area contributed by atoms with Crippen molar-refractivity contribution in [3.63, 3.8) is 0 Å². The second kappa shape index (κ2) is 7.10. The lowest BCUT2D eigenvalue weighted by Gasteiger charge is -2.36. The van der Waals surface area contributed by atoms with Gasteiger partial charge in [0.2, 0.25) is 0 Å². The van der Waals surface area contributed by atoms with Crippen LogP contribution in [0.4, 0.5) is 5.82 Å². The molecule has 9 nitrogen and oxygen atoms in total. The molecule has 0 radical (unpaired) electrons. The van der Waals surface area contributed by atoms with Gasteiger partial charge in [-0.15, -0.1) is 0 Å². The quantitative estimate of drug-likeness (QED) is 0.288. The lowest BCUT2D eigenvalue weighted by Crippen LogP contribution is -2.53. The molecule has 4 N–H and O–H groups in total. The smallest absolute Gasteiger partial charge is 0.351 e. The van der Waals surface area contributed by atoms with E-state index in [1.54, 1.807) is 6.20 Å². The van der Waals surface area contributed by atoms with Crippen molar-refractivity contribution in [2.45, 2.75) is 62.9 Å². The summed E-state index contributed by atoms with van der Waals surface area (Å²) in [6, 6.07) is 1.53. The van der Waals surface area contributed by atoms with E-state index in [0.717, 1.165) is 6.21 Å². The number of aromatic nitrogens is 2. The van der Waals surface area contributed by atoms with Crippen molar-refractivity contribution >= 4 is 20.8 Å². The molecule has 0 bridgehead atoms. The van der Waals surface area contributed by atoms with Crippen LogP contribution < -0.4 is 11.4 Å². The van der Waals surface area contributed by atoms with Crippen molar-refractivity contribution in [1.29, 1.82) is 0 Å². The number of nitrogens with two attached hydrogens (primary N) is 1. The fourth-order valence-corrected chi connectivity index (χ4v) is 5.20. The third-order valence-corrected chi connectivity index (χ3v) is 6.98. The fourth-order valence-electron chi connectivity index (χ4n) is 3.31. The molecule has 3 atom stereocenters. The fraction of sp³-hybridized carbons (Fsp3) is 0.688. The van der Waals surface area contributed by atoms with Gasteiger partial charge in [-0.1, -0.05) is 18.2 Å². The van der Waals surface area contributed by atoms with Gasteiger partial charge in [-0.3, -0.25) is 4.57 Å². The molecular weight excluding hydrogens is 356 g/mol. The molecule has 2 heterocycles. The summed E-state index contributed by atoms with van der Waals surface area (Å²) in [6.07, 6.45) is 2.38. The summed E-state index contributed by atoms with van der Waals surface area (Å²) >= 11 is 0. The van der Waals surface area contributed by atoms with Gasteiger partial charge in [0.15, 0.2) is 5.60 Å². The van der Waals surface area contributed by atoms with Crippen LogP contribution in [-0.2, 0) is 14.8 Å². The van der Waals surface area contributed by atoms with Gasteiger partial charge in [-0.25, -0.2) is 4.79 Å². The van der Waals surface area contributed by atoms with Crippen LogP contribution in [-0.4, -0.2) is 58.8 Å². The molecule has 1 saturated heterocycles. The van der Waals surface area contributed by atoms with Crippen molar-refractivity contribution in [2.75, 3.05) is 12.3 Å². The summed E-state index contributed by atoms with van der Waals surface area (Å²) in [6.45, 7) is 9.25. The van der Waals surface area contributed by atoms with Crippen LogP contribution in [0.3, 0.4) is 0 Å². The summed E-state index contributed by atoms with van der Waals surface area (Å²) in [4.78, 5) is 16.3. The van der Waals surface area contributed by atoms with E-state index in [9.17, 15) is 9.90 Å². The second-order valence-electron chi connectivity index (χ2n) is 7.89. The van der Waals surface area contributed by atoms with E-state index in [1.807, 2.05) is 33.9 Å². The van der Waals surface area contributed by atoms with Gasteiger partial charge in [0.25, 0.3) is 0 Å². The topological polar surface area (TPSA) is 132 Å². The minimum atomic E-state index is -1.73. The Bertz CT molecular complexity index is 732. The highest BCUT2D eigenvalue weighted by atomic mass is 28.3. The average Bonchev–Trinajstić information content (AvgIpc) is 2.81. The van der Waals surface area contributed by atoms with Crippen LogP contribution in [0.15, 0.2) is 22.2 Å². The number of hydrogen-bond donors (Lipinski definition) is 3. The molecule has 2 rings (SSSR count). The number of ether oxygens (including phenoxy) is 2. The summed E-state index contributed by atoms with van der Waals surface area (Å²) in [7, 11) is -1.73. The third-order valence-electron chi connectivity index (χ3n) is 4.54. The Labute approximate surface area is 154 Å². The number of nitrogens with zero attached hydrogens (tertiary/aromatic N) is 3. The molecule has 0 saturated carbocycles. The Morgan fingerprint density at radius 2 is 2.23 bits per heavy atom. The molecule has 1 fully saturated rings. The first-order chi connectivity index (χ1) is 12.0. The van der Waals surface area contributed by atoms with Crippen LogP contribution in [0.1, 0.15) is 27.2 Å². The van der Waals surface area contributed by atoms with E-state index < -0.39 is 43.7 Å². The van der Waals surface area contributed by atoms with Gasteiger partial charge in [-0.2, -0.15) is 4.98 Å². The zero-order valence-electron chi connectivity index (χ0n) is 15.8. The molecule has 0 amide bonds. The number of anilines is 1. The molecule has 1 aromatic heterocycles.